The summed E-state index contributed by atoms with van der Waals surface area (Å²) in [4.78, 5) is 14.0. The number of nitrogens with zero attached hydrogens (tertiary/aromatic N) is 1. The Labute approximate surface area is 189 Å². The van der Waals surface area contributed by atoms with Gasteiger partial charge in [0.05, 0.1) is 16.6 Å². The van der Waals surface area contributed by atoms with Crippen LogP contribution in [0.1, 0.15) is 42.6 Å². The number of rotatable bonds is 9. The Kier molecular flexibility index (Phi) is 8.16. The first-order valence-corrected chi connectivity index (χ1v) is 12.9. The van der Waals surface area contributed by atoms with E-state index in [1.807, 2.05) is 38.1 Å². The number of benzene rings is 2. The SMILES string of the molecule is CC(C)N(C)S(=O)(=O)c1ccc(CNC(=O)c2ccccc2SCC2CCCO2)cc1. The second-order valence-corrected chi connectivity index (χ2v) is 10.9. The van der Waals surface area contributed by atoms with Gasteiger partial charge in [0.25, 0.3) is 5.91 Å². The lowest BCUT2D eigenvalue weighted by atomic mass is 10.2. The highest BCUT2D eigenvalue weighted by atomic mass is 32.2. The smallest absolute Gasteiger partial charge is 0.252 e. The molecule has 0 saturated carbocycles. The summed E-state index contributed by atoms with van der Waals surface area (Å²) in [6.07, 6.45) is 2.42. The van der Waals surface area contributed by atoms with E-state index in [9.17, 15) is 13.2 Å². The van der Waals surface area contributed by atoms with E-state index in [-0.39, 0.29) is 22.9 Å². The van der Waals surface area contributed by atoms with E-state index in [2.05, 4.69) is 5.32 Å². The molecule has 2 aromatic rings. The van der Waals surface area contributed by atoms with Gasteiger partial charge < -0.3 is 10.1 Å². The van der Waals surface area contributed by atoms with Crippen LogP contribution in [0.4, 0.5) is 0 Å². The average Bonchev–Trinajstić information content (AvgIpc) is 3.29. The topological polar surface area (TPSA) is 75.7 Å². The summed E-state index contributed by atoms with van der Waals surface area (Å²) in [5.41, 5.74) is 1.48. The summed E-state index contributed by atoms with van der Waals surface area (Å²) in [6.45, 7) is 4.81. The van der Waals surface area contributed by atoms with E-state index < -0.39 is 10.0 Å². The Morgan fingerprint density at radius 1 is 1.19 bits per heavy atom. The molecule has 0 aliphatic carbocycles. The van der Waals surface area contributed by atoms with Crippen LogP contribution in [0.25, 0.3) is 0 Å². The molecule has 1 fully saturated rings. The molecule has 1 aliphatic rings. The van der Waals surface area contributed by atoms with E-state index in [0.717, 1.165) is 35.7 Å². The van der Waals surface area contributed by atoms with Crippen LogP contribution in [0.2, 0.25) is 0 Å². The fourth-order valence-corrected chi connectivity index (χ4v) is 5.73. The van der Waals surface area contributed by atoms with Gasteiger partial charge in [0.2, 0.25) is 10.0 Å². The number of hydrogen-bond acceptors (Lipinski definition) is 5. The summed E-state index contributed by atoms with van der Waals surface area (Å²) in [5.74, 6) is 0.692. The van der Waals surface area contributed by atoms with Crippen LogP contribution in [-0.2, 0) is 21.3 Å². The number of carbonyl (C=O) groups is 1. The molecule has 1 N–H and O–H groups in total. The largest absolute Gasteiger partial charge is 0.377 e. The molecule has 6 nitrogen and oxygen atoms in total. The fourth-order valence-electron chi connectivity index (χ4n) is 3.24. The third-order valence-electron chi connectivity index (χ3n) is 5.36. The minimum absolute atomic E-state index is 0.123. The maximum Gasteiger partial charge on any atom is 0.252 e. The molecule has 31 heavy (non-hydrogen) atoms. The molecule has 0 bridgehead atoms. The van der Waals surface area contributed by atoms with Gasteiger partial charge in [0.15, 0.2) is 0 Å². The van der Waals surface area contributed by atoms with Crippen molar-refractivity contribution in [2.75, 3.05) is 19.4 Å². The normalized spacial score (nSPS) is 16.7. The van der Waals surface area contributed by atoms with Gasteiger partial charge in [-0.05, 0) is 56.5 Å². The number of hydrogen-bond donors (Lipinski definition) is 1. The highest BCUT2D eigenvalue weighted by Crippen LogP contribution is 2.27. The van der Waals surface area contributed by atoms with Gasteiger partial charge in [-0.25, -0.2) is 8.42 Å². The number of carbonyl (C=O) groups excluding carboxylic acids is 1. The molecule has 0 aromatic heterocycles. The second kappa shape index (κ2) is 10.6. The van der Waals surface area contributed by atoms with Gasteiger partial charge >= 0.3 is 0 Å². The van der Waals surface area contributed by atoms with Gasteiger partial charge in [-0.3, -0.25) is 4.79 Å². The number of nitrogens with one attached hydrogen (secondary N) is 1. The fraction of sp³-hybridized carbons (Fsp3) is 0.435. The Morgan fingerprint density at radius 2 is 1.90 bits per heavy atom. The summed E-state index contributed by atoms with van der Waals surface area (Å²) in [7, 11) is -1.94. The van der Waals surface area contributed by atoms with Crippen LogP contribution < -0.4 is 5.32 Å². The van der Waals surface area contributed by atoms with E-state index in [4.69, 9.17) is 4.74 Å². The Morgan fingerprint density at radius 3 is 2.55 bits per heavy atom. The van der Waals surface area contributed by atoms with Crippen LogP contribution in [0.3, 0.4) is 0 Å². The van der Waals surface area contributed by atoms with Crippen molar-refractivity contribution in [2.45, 2.75) is 55.2 Å². The molecule has 1 unspecified atom stereocenters. The van der Waals surface area contributed by atoms with Crippen molar-refractivity contribution in [2.24, 2.45) is 0 Å². The van der Waals surface area contributed by atoms with Crippen molar-refractivity contribution in [3.05, 3.63) is 59.7 Å². The maximum atomic E-state index is 12.8. The molecule has 2 aromatic carbocycles. The predicted molar refractivity (Wildman–Crippen MR) is 124 cm³/mol. The minimum Gasteiger partial charge on any atom is -0.377 e. The van der Waals surface area contributed by atoms with Crippen molar-refractivity contribution in [3.8, 4) is 0 Å². The first-order chi connectivity index (χ1) is 14.8. The molecule has 3 rings (SSSR count). The maximum absolute atomic E-state index is 12.8. The van der Waals surface area contributed by atoms with Crippen molar-refractivity contribution < 1.29 is 17.9 Å². The van der Waals surface area contributed by atoms with Gasteiger partial charge in [0.1, 0.15) is 0 Å². The molecule has 0 spiro atoms. The quantitative estimate of drug-likeness (QED) is 0.572. The van der Waals surface area contributed by atoms with Crippen molar-refractivity contribution in [1.29, 1.82) is 0 Å². The summed E-state index contributed by atoms with van der Waals surface area (Å²) in [6, 6.07) is 14.1. The molecule has 1 atom stereocenters. The first kappa shape index (κ1) is 23.8. The van der Waals surface area contributed by atoms with Crippen LogP contribution in [0.5, 0.6) is 0 Å². The molecule has 1 amide bonds. The standard InChI is InChI=1S/C23H30N2O4S2/c1-17(2)25(3)31(27,28)20-12-10-18(11-13-20)15-24-23(26)21-8-4-5-9-22(21)30-16-19-7-6-14-29-19/h4-5,8-13,17,19H,6-7,14-16H2,1-3H3,(H,24,26). The Balaban J connectivity index is 1.61. The zero-order chi connectivity index (χ0) is 22.4. The number of ether oxygens (including phenoxy) is 1. The summed E-state index contributed by atoms with van der Waals surface area (Å²) in [5, 5.41) is 2.94. The van der Waals surface area contributed by atoms with Gasteiger partial charge in [-0.2, -0.15) is 4.31 Å². The molecular weight excluding hydrogens is 432 g/mol. The number of amides is 1. The minimum atomic E-state index is -3.52. The molecule has 0 radical (unpaired) electrons. The molecule has 8 heteroatoms. The number of sulfonamides is 1. The summed E-state index contributed by atoms with van der Waals surface area (Å²) >= 11 is 1.65. The van der Waals surface area contributed by atoms with E-state index in [1.54, 1.807) is 43.1 Å². The lowest BCUT2D eigenvalue weighted by Gasteiger charge is -2.21. The lowest BCUT2D eigenvalue weighted by molar-refractivity contribution is 0.0947. The lowest BCUT2D eigenvalue weighted by Crippen LogP contribution is -2.33. The third-order valence-corrected chi connectivity index (χ3v) is 8.61. The van der Waals surface area contributed by atoms with Crippen molar-refractivity contribution in [3.63, 3.8) is 0 Å². The third kappa shape index (κ3) is 6.10. The zero-order valence-corrected chi connectivity index (χ0v) is 19.8. The predicted octanol–water partition coefficient (Wildman–Crippen LogP) is 3.92. The zero-order valence-electron chi connectivity index (χ0n) is 18.2. The molecule has 168 valence electrons. The first-order valence-electron chi connectivity index (χ1n) is 10.5. The van der Waals surface area contributed by atoms with Crippen LogP contribution in [0.15, 0.2) is 58.3 Å². The van der Waals surface area contributed by atoms with Gasteiger partial charge in [-0.1, -0.05) is 24.3 Å². The highest BCUT2D eigenvalue weighted by Gasteiger charge is 2.23. The van der Waals surface area contributed by atoms with Crippen molar-refractivity contribution in [1.82, 2.24) is 9.62 Å². The van der Waals surface area contributed by atoms with Crippen LogP contribution in [-0.4, -0.2) is 50.2 Å². The van der Waals surface area contributed by atoms with E-state index >= 15 is 0 Å². The Bertz CT molecular complexity index is 985. The van der Waals surface area contributed by atoms with E-state index in [1.165, 1.54) is 4.31 Å². The Hall–Kier alpha value is -1.87. The van der Waals surface area contributed by atoms with Gasteiger partial charge in [0, 0.05) is 36.9 Å². The summed E-state index contributed by atoms with van der Waals surface area (Å²) < 4.78 is 32.2. The monoisotopic (exact) mass is 462 g/mol. The van der Waals surface area contributed by atoms with Gasteiger partial charge in [-0.15, -0.1) is 11.8 Å². The number of thioether (sulfide) groups is 1. The molecule has 1 saturated heterocycles. The molecule has 1 aliphatic heterocycles. The van der Waals surface area contributed by atoms with Crippen molar-refractivity contribution >= 4 is 27.7 Å². The average molecular weight is 463 g/mol. The van der Waals surface area contributed by atoms with Crippen LogP contribution >= 0.6 is 11.8 Å². The highest BCUT2D eigenvalue weighted by molar-refractivity contribution is 7.99. The molecular formula is C23H30N2O4S2. The van der Waals surface area contributed by atoms with E-state index in [0.29, 0.717) is 12.1 Å². The van der Waals surface area contributed by atoms with Crippen LogP contribution in [0, 0.1) is 0 Å². The molecule has 1 heterocycles. The second-order valence-electron chi connectivity index (χ2n) is 7.88.